The van der Waals surface area contributed by atoms with E-state index in [1.807, 2.05) is 24.3 Å². The number of hydrogen-bond donors (Lipinski definition) is 1. The van der Waals surface area contributed by atoms with Gasteiger partial charge in [0.25, 0.3) is 0 Å². The molecule has 4 nitrogen and oxygen atoms in total. The van der Waals surface area contributed by atoms with Crippen molar-refractivity contribution in [2.24, 2.45) is 10.7 Å². The number of methoxy groups -OCH3 is 1. The normalized spacial score (nSPS) is 17.1. The summed E-state index contributed by atoms with van der Waals surface area (Å²) in [5, 5.41) is 0. The van der Waals surface area contributed by atoms with Crippen molar-refractivity contribution in [3.8, 4) is 5.75 Å². The van der Waals surface area contributed by atoms with Gasteiger partial charge < -0.3 is 15.4 Å². The van der Waals surface area contributed by atoms with Gasteiger partial charge in [-0.2, -0.15) is 0 Å². The monoisotopic (exact) mass is 261 g/mol. The van der Waals surface area contributed by atoms with Crippen LogP contribution in [0.2, 0.25) is 0 Å². The summed E-state index contributed by atoms with van der Waals surface area (Å²) in [5.74, 6) is 1.53. The van der Waals surface area contributed by atoms with Crippen LogP contribution in [0.5, 0.6) is 5.75 Å². The molecular formula is C15H23N3O. The average Bonchev–Trinajstić information content (AvgIpc) is 2.74. The van der Waals surface area contributed by atoms with Crippen LogP contribution in [0.15, 0.2) is 29.3 Å². The second-order valence-electron chi connectivity index (χ2n) is 4.93. The fourth-order valence-corrected chi connectivity index (χ4v) is 2.34. The molecule has 0 amide bonds. The number of aliphatic imine (C=N–C) groups is 1. The maximum atomic E-state index is 6.08. The van der Waals surface area contributed by atoms with Gasteiger partial charge in [0.05, 0.1) is 13.7 Å². The Bertz CT molecular complexity index is 423. The zero-order chi connectivity index (χ0) is 13.5. The summed E-state index contributed by atoms with van der Waals surface area (Å²) >= 11 is 0. The van der Waals surface area contributed by atoms with Gasteiger partial charge in [-0.15, -0.1) is 0 Å². The zero-order valence-electron chi connectivity index (χ0n) is 11.6. The number of ether oxygens (including phenoxy) is 1. The molecule has 4 heteroatoms. The smallest absolute Gasteiger partial charge is 0.191 e. The van der Waals surface area contributed by atoms with E-state index >= 15 is 0 Å². The highest BCUT2D eigenvalue weighted by Gasteiger charge is 2.10. The molecule has 19 heavy (non-hydrogen) atoms. The fraction of sp³-hybridized carbons (Fsp3) is 0.533. The molecule has 0 radical (unpaired) electrons. The Hall–Kier alpha value is -1.71. The summed E-state index contributed by atoms with van der Waals surface area (Å²) in [4.78, 5) is 6.70. The van der Waals surface area contributed by atoms with Crippen molar-refractivity contribution in [2.45, 2.75) is 32.2 Å². The standard InChI is InChI=1S/C15H23N3O/c1-19-14-8-6-7-13(11-14)12-17-15(16)18-9-4-2-3-5-10-18/h6-8,11H,2-5,9-10,12H2,1H3,(H2,16,17). The van der Waals surface area contributed by atoms with Crippen LogP contribution in [0.1, 0.15) is 31.2 Å². The second-order valence-corrected chi connectivity index (χ2v) is 4.93. The van der Waals surface area contributed by atoms with Gasteiger partial charge in [0.15, 0.2) is 5.96 Å². The molecule has 1 aliphatic heterocycles. The summed E-state index contributed by atoms with van der Waals surface area (Å²) in [6.45, 7) is 2.68. The summed E-state index contributed by atoms with van der Waals surface area (Å²) < 4.78 is 5.20. The van der Waals surface area contributed by atoms with E-state index in [-0.39, 0.29) is 0 Å². The molecule has 1 heterocycles. The van der Waals surface area contributed by atoms with E-state index in [9.17, 15) is 0 Å². The summed E-state index contributed by atoms with van der Waals surface area (Å²) in [6, 6.07) is 7.96. The third-order valence-corrected chi connectivity index (χ3v) is 3.49. The highest BCUT2D eigenvalue weighted by atomic mass is 16.5. The molecule has 0 aliphatic carbocycles. The number of hydrogen-bond acceptors (Lipinski definition) is 2. The van der Waals surface area contributed by atoms with E-state index in [4.69, 9.17) is 10.5 Å². The number of likely N-dealkylation sites (tertiary alicyclic amines) is 1. The topological polar surface area (TPSA) is 50.9 Å². The van der Waals surface area contributed by atoms with E-state index in [1.54, 1.807) is 7.11 Å². The van der Waals surface area contributed by atoms with E-state index in [0.717, 1.165) is 24.4 Å². The number of benzene rings is 1. The molecule has 104 valence electrons. The van der Waals surface area contributed by atoms with Crippen LogP contribution in [0, 0.1) is 0 Å². The van der Waals surface area contributed by atoms with Crippen LogP contribution in [-0.4, -0.2) is 31.1 Å². The van der Waals surface area contributed by atoms with E-state index in [0.29, 0.717) is 12.5 Å². The Morgan fingerprint density at radius 1 is 1.26 bits per heavy atom. The lowest BCUT2D eigenvalue weighted by molar-refractivity contribution is 0.414. The second kappa shape index (κ2) is 7.02. The van der Waals surface area contributed by atoms with Crippen molar-refractivity contribution in [3.63, 3.8) is 0 Å². The van der Waals surface area contributed by atoms with Crippen LogP contribution in [0.3, 0.4) is 0 Å². The maximum absolute atomic E-state index is 6.08. The molecular weight excluding hydrogens is 238 g/mol. The average molecular weight is 261 g/mol. The van der Waals surface area contributed by atoms with Crippen LogP contribution in [0.25, 0.3) is 0 Å². The van der Waals surface area contributed by atoms with Crippen LogP contribution in [-0.2, 0) is 6.54 Å². The quantitative estimate of drug-likeness (QED) is 0.671. The molecule has 1 saturated heterocycles. The lowest BCUT2D eigenvalue weighted by atomic mass is 10.2. The van der Waals surface area contributed by atoms with Crippen molar-refractivity contribution >= 4 is 5.96 Å². The first kappa shape index (κ1) is 13.7. The van der Waals surface area contributed by atoms with Gasteiger partial charge in [-0.1, -0.05) is 25.0 Å². The lowest BCUT2D eigenvalue weighted by Crippen LogP contribution is -2.38. The molecule has 0 bridgehead atoms. The van der Waals surface area contributed by atoms with Crippen LogP contribution < -0.4 is 10.5 Å². The Balaban J connectivity index is 1.96. The van der Waals surface area contributed by atoms with Crippen molar-refractivity contribution in [3.05, 3.63) is 29.8 Å². The number of nitrogens with two attached hydrogens (primary N) is 1. The molecule has 1 fully saturated rings. The fourth-order valence-electron chi connectivity index (χ4n) is 2.34. The molecule has 0 unspecified atom stereocenters. The third-order valence-electron chi connectivity index (χ3n) is 3.49. The molecule has 2 rings (SSSR count). The van der Waals surface area contributed by atoms with Crippen LogP contribution >= 0.6 is 0 Å². The van der Waals surface area contributed by atoms with Crippen LogP contribution in [0.4, 0.5) is 0 Å². The number of rotatable bonds is 3. The first-order valence-electron chi connectivity index (χ1n) is 6.97. The molecule has 0 spiro atoms. The van der Waals surface area contributed by atoms with E-state index < -0.39 is 0 Å². The Morgan fingerprint density at radius 2 is 2.00 bits per heavy atom. The molecule has 1 aromatic carbocycles. The minimum Gasteiger partial charge on any atom is -0.497 e. The highest BCUT2D eigenvalue weighted by molar-refractivity contribution is 5.78. The summed E-state index contributed by atoms with van der Waals surface area (Å²) in [6.07, 6.45) is 5.05. The van der Waals surface area contributed by atoms with E-state index in [1.165, 1.54) is 25.7 Å². The number of nitrogens with zero attached hydrogens (tertiary/aromatic N) is 2. The molecule has 1 aliphatic rings. The Kier molecular flexibility index (Phi) is 5.07. The van der Waals surface area contributed by atoms with Gasteiger partial charge >= 0.3 is 0 Å². The Labute approximate surface area is 115 Å². The number of guanidine groups is 1. The first-order valence-corrected chi connectivity index (χ1v) is 6.97. The van der Waals surface area contributed by atoms with Gasteiger partial charge in [0.1, 0.15) is 5.75 Å². The molecule has 1 aromatic rings. The molecule has 0 saturated carbocycles. The van der Waals surface area contributed by atoms with Crippen molar-refractivity contribution in [1.82, 2.24) is 4.90 Å². The Morgan fingerprint density at radius 3 is 2.68 bits per heavy atom. The maximum Gasteiger partial charge on any atom is 0.191 e. The highest BCUT2D eigenvalue weighted by Crippen LogP contribution is 2.14. The van der Waals surface area contributed by atoms with Gasteiger partial charge in [0, 0.05) is 13.1 Å². The summed E-state index contributed by atoms with van der Waals surface area (Å²) in [7, 11) is 1.67. The van der Waals surface area contributed by atoms with Crippen molar-refractivity contribution < 1.29 is 4.74 Å². The van der Waals surface area contributed by atoms with Gasteiger partial charge in [-0.3, -0.25) is 0 Å². The molecule has 0 atom stereocenters. The first-order chi connectivity index (χ1) is 9.29. The van der Waals surface area contributed by atoms with Crippen molar-refractivity contribution in [2.75, 3.05) is 20.2 Å². The van der Waals surface area contributed by atoms with Crippen molar-refractivity contribution in [1.29, 1.82) is 0 Å². The summed E-state index contributed by atoms with van der Waals surface area (Å²) in [5.41, 5.74) is 7.20. The zero-order valence-corrected chi connectivity index (χ0v) is 11.6. The molecule has 2 N–H and O–H groups in total. The minimum absolute atomic E-state index is 0.611. The third kappa shape index (κ3) is 4.16. The van der Waals surface area contributed by atoms with Gasteiger partial charge in [-0.25, -0.2) is 4.99 Å². The SMILES string of the molecule is COc1cccc(CN=C(N)N2CCCCCC2)c1. The predicted octanol–water partition coefficient (Wildman–Crippen LogP) is 2.39. The lowest BCUT2D eigenvalue weighted by Gasteiger charge is -2.21. The minimum atomic E-state index is 0.611. The van der Waals surface area contributed by atoms with Gasteiger partial charge in [0.2, 0.25) is 0 Å². The molecule has 0 aromatic heterocycles. The predicted molar refractivity (Wildman–Crippen MR) is 78.4 cm³/mol. The largest absolute Gasteiger partial charge is 0.497 e. The van der Waals surface area contributed by atoms with E-state index in [2.05, 4.69) is 9.89 Å². The van der Waals surface area contributed by atoms with Gasteiger partial charge in [-0.05, 0) is 30.5 Å².